The Balaban J connectivity index is 2.15. The van der Waals surface area contributed by atoms with E-state index in [9.17, 15) is 5.11 Å². The molecular formula is C18H16ClNO. The molecule has 3 aromatic rings. The monoisotopic (exact) mass is 297 g/mol. The van der Waals surface area contributed by atoms with E-state index in [1.54, 1.807) is 6.20 Å². The van der Waals surface area contributed by atoms with Crippen molar-refractivity contribution in [2.45, 2.75) is 12.0 Å². The second kappa shape index (κ2) is 5.84. The fourth-order valence-corrected chi connectivity index (χ4v) is 2.88. The van der Waals surface area contributed by atoms with E-state index in [0.29, 0.717) is 12.3 Å². The number of hydrogen-bond acceptors (Lipinski definition) is 2. The highest BCUT2D eigenvalue weighted by atomic mass is 35.5. The van der Waals surface area contributed by atoms with E-state index in [-0.39, 0.29) is 0 Å². The molecule has 0 aliphatic rings. The number of aliphatic hydroxyl groups is 1. The second-order valence-corrected chi connectivity index (χ2v) is 5.46. The lowest BCUT2D eigenvalue weighted by Gasteiger charge is -2.28. The largest absolute Gasteiger partial charge is 0.380 e. The summed E-state index contributed by atoms with van der Waals surface area (Å²) in [5, 5.41) is 12.2. The zero-order valence-corrected chi connectivity index (χ0v) is 12.3. The smallest absolute Gasteiger partial charge is 0.117 e. The molecule has 0 saturated carbocycles. The minimum Gasteiger partial charge on any atom is -0.380 e. The van der Waals surface area contributed by atoms with Crippen molar-refractivity contribution in [1.82, 2.24) is 4.98 Å². The molecule has 0 aliphatic heterocycles. The number of para-hydroxylation sites is 1. The van der Waals surface area contributed by atoms with Gasteiger partial charge in [-0.05, 0) is 24.1 Å². The Kier molecular flexibility index (Phi) is 3.91. The summed E-state index contributed by atoms with van der Waals surface area (Å²) in [6, 6.07) is 19.5. The lowest BCUT2D eigenvalue weighted by molar-refractivity contribution is 0.0773. The van der Waals surface area contributed by atoms with Gasteiger partial charge in [0.1, 0.15) is 5.60 Å². The molecule has 1 unspecified atom stereocenters. The van der Waals surface area contributed by atoms with E-state index in [2.05, 4.69) is 4.98 Å². The summed E-state index contributed by atoms with van der Waals surface area (Å²) < 4.78 is 0. The summed E-state index contributed by atoms with van der Waals surface area (Å²) in [4.78, 5) is 4.45. The van der Waals surface area contributed by atoms with Gasteiger partial charge in [-0.1, -0.05) is 48.5 Å². The van der Waals surface area contributed by atoms with Crippen molar-refractivity contribution in [3.8, 4) is 0 Å². The van der Waals surface area contributed by atoms with Gasteiger partial charge in [-0.25, -0.2) is 0 Å². The summed E-state index contributed by atoms with van der Waals surface area (Å²) in [5.41, 5.74) is 1.42. The molecule has 21 heavy (non-hydrogen) atoms. The molecule has 3 heteroatoms. The van der Waals surface area contributed by atoms with Crippen molar-refractivity contribution in [2.24, 2.45) is 0 Å². The zero-order chi connectivity index (χ0) is 14.7. The van der Waals surface area contributed by atoms with Gasteiger partial charge >= 0.3 is 0 Å². The lowest BCUT2D eigenvalue weighted by Crippen LogP contribution is -2.28. The topological polar surface area (TPSA) is 33.1 Å². The van der Waals surface area contributed by atoms with Crippen LogP contribution in [0, 0.1) is 0 Å². The fraction of sp³-hybridized carbons (Fsp3) is 0.167. The fourth-order valence-electron chi connectivity index (χ4n) is 2.60. The normalized spacial score (nSPS) is 14.0. The molecule has 0 spiro atoms. The number of aromatic nitrogens is 1. The third kappa shape index (κ3) is 2.65. The van der Waals surface area contributed by atoms with Crippen LogP contribution in [0.15, 0.2) is 66.9 Å². The summed E-state index contributed by atoms with van der Waals surface area (Å²) in [5.74, 6) is 0.373. The van der Waals surface area contributed by atoms with Gasteiger partial charge in [-0.15, -0.1) is 11.6 Å². The van der Waals surface area contributed by atoms with Gasteiger partial charge in [0, 0.05) is 23.0 Å². The summed E-state index contributed by atoms with van der Waals surface area (Å²) in [7, 11) is 0. The van der Waals surface area contributed by atoms with Crippen molar-refractivity contribution in [3.05, 3.63) is 78.0 Å². The summed E-state index contributed by atoms with van der Waals surface area (Å²) >= 11 is 5.92. The second-order valence-electron chi connectivity index (χ2n) is 5.08. The van der Waals surface area contributed by atoms with Crippen LogP contribution < -0.4 is 0 Å². The third-order valence-corrected chi connectivity index (χ3v) is 3.96. The van der Waals surface area contributed by atoms with Crippen molar-refractivity contribution in [3.63, 3.8) is 0 Å². The van der Waals surface area contributed by atoms with Crippen LogP contribution in [0.4, 0.5) is 0 Å². The summed E-state index contributed by atoms with van der Waals surface area (Å²) in [6.07, 6.45) is 2.18. The number of pyridine rings is 1. The van der Waals surface area contributed by atoms with E-state index < -0.39 is 5.60 Å². The van der Waals surface area contributed by atoms with E-state index >= 15 is 0 Å². The SMILES string of the molecule is OC(CCCl)(c1ccccc1)c1cnc2ccccc2c1. The lowest BCUT2D eigenvalue weighted by atomic mass is 9.84. The minimum absolute atomic E-state index is 0.373. The quantitative estimate of drug-likeness (QED) is 0.736. The number of alkyl halides is 1. The Morgan fingerprint density at radius 2 is 1.67 bits per heavy atom. The zero-order valence-electron chi connectivity index (χ0n) is 11.5. The Hall–Kier alpha value is -1.90. The minimum atomic E-state index is -1.11. The number of hydrogen-bond donors (Lipinski definition) is 1. The van der Waals surface area contributed by atoms with Crippen LogP contribution in [0.2, 0.25) is 0 Å². The van der Waals surface area contributed by atoms with Gasteiger partial charge in [0.25, 0.3) is 0 Å². The number of fused-ring (bicyclic) bond motifs is 1. The van der Waals surface area contributed by atoms with Crippen LogP contribution in [0.25, 0.3) is 10.9 Å². The highest BCUT2D eigenvalue weighted by Crippen LogP contribution is 2.34. The van der Waals surface area contributed by atoms with E-state index in [4.69, 9.17) is 11.6 Å². The number of halogens is 1. The van der Waals surface area contributed by atoms with Crippen LogP contribution in [-0.2, 0) is 5.60 Å². The molecule has 1 atom stereocenters. The first kappa shape index (κ1) is 14.1. The average Bonchev–Trinajstić information content (AvgIpc) is 2.55. The van der Waals surface area contributed by atoms with Gasteiger partial charge in [-0.3, -0.25) is 4.98 Å². The first-order valence-electron chi connectivity index (χ1n) is 6.93. The highest BCUT2D eigenvalue weighted by Gasteiger charge is 2.31. The van der Waals surface area contributed by atoms with Crippen LogP contribution in [0.1, 0.15) is 17.5 Å². The maximum Gasteiger partial charge on any atom is 0.117 e. The van der Waals surface area contributed by atoms with Crippen LogP contribution in [0.5, 0.6) is 0 Å². The van der Waals surface area contributed by atoms with E-state index in [0.717, 1.165) is 22.0 Å². The predicted octanol–water partition coefficient (Wildman–Crippen LogP) is 4.10. The Morgan fingerprint density at radius 1 is 0.952 bits per heavy atom. The standard InChI is InChI=1S/C18H16ClNO/c19-11-10-18(21,15-7-2-1-3-8-15)16-12-14-6-4-5-9-17(14)20-13-16/h1-9,12-13,21H,10-11H2. The molecule has 0 bridgehead atoms. The molecular weight excluding hydrogens is 282 g/mol. The van der Waals surface area contributed by atoms with Gasteiger partial charge in [0.05, 0.1) is 5.52 Å². The Labute approximate surface area is 129 Å². The van der Waals surface area contributed by atoms with Crippen molar-refractivity contribution in [1.29, 1.82) is 0 Å². The van der Waals surface area contributed by atoms with Crippen molar-refractivity contribution in [2.75, 3.05) is 5.88 Å². The molecule has 0 radical (unpaired) electrons. The van der Waals surface area contributed by atoms with Crippen LogP contribution in [-0.4, -0.2) is 16.0 Å². The molecule has 1 heterocycles. The Bertz CT molecular complexity index is 744. The highest BCUT2D eigenvalue weighted by molar-refractivity contribution is 6.17. The Morgan fingerprint density at radius 3 is 2.43 bits per heavy atom. The molecule has 106 valence electrons. The number of nitrogens with zero attached hydrogens (tertiary/aromatic N) is 1. The first-order valence-corrected chi connectivity index (χ1v) is 7.46. The van der Waals surface area contributed by atoms with Crippen molar-refractivity contribution >= 4 is 22.5 Å². The molecule has 0 saturated heterocycles. The molecule has 0 fully saturated rings. The molecule has 1 N–H and O–H groups in total. The van der Waals surface area contributed by atoms with Crippen LogP contribution >= 0.6 is 11.6 Å². The molecule has 1 aromatic heterocycles. The van der Waals surface area contributed by atoms with Crippen molar-refractivity contribution < 1.29 is 5.11 Å². The van der Waals surface area contributed by atoms with Gasteiger partial charge in [0.15, 0.2) is 0 Å². The third-order valence-electron chi connectivity index (χ3n) is 3.78. The predicted molar refractivity (Wildman–Crippen MR) is 86.5 cm³/mol. The first-order chi connectivity index (χ1) is 10.2. The number of rotatable bonds is 4. The van der Waals surface area contributed by atoms with Crippen LogP contribution in [0.3, 0.4) is 0 Å². The van der Waals surface area contributed by atoms with Gasteiger partial charge in [-0.2, -0.15) is 0 Å². The van der Waals surface area contributed by atoms with Gasteiger partial charge in [0.2, 0.25) is 0 Å². The number of benzene rings is 2. The molecule has 2 aromatic carbocycles. The summed E-state index contributed by atoms with van der Waals surface area (Å²) in [6.45, 7) is 0. The maximum absolute atomic E-state index is 11.2. The molecule has 3 rings (SSSR count). The van der Waals surface area contributed by atoms with Gasteiger partial charge < -0.3 is 5.11 Å². The van der Waals surface area contributed by atoms with E-state index in [1.807, 2.05) is 60.7 Å². The maximum atomic E-state index is 11.2. The molecule has 0 aliphatic carbocycles. The average molecular weight is 298 g/mol. The molecule has 0 amide bonds. The van der Waals surface area contributed by atoms with E-state index in [1.165, 1.54) is 0 Å². The molecule has 2 nitrogen and oxygen atoms in total.